The predicted molar refractivity (Wildman–Crippen MR) is 73.5 cm³/mol. The summed E-state index contributed by atoms with van der Waals surface area (Å²) in [5.74, 6) is 1.64. The van der Waals surface area contributed by atoms with Gasteiger partial charge < -0.3 is 4.74 Å². The summed E-state index contributed by atoms with van der Waals surface area (Å²) < 4.78 is 6.13. The third-order valence-electron chi connectivity index (χ3n) is 4.99. The van der Waals surface area contributed by atoms with Crippen LogP contribution in [0.4, 0.5) is 0 Å². The van der Waals surface area contributed by atoms with Crippen LogP contribution in [0.1, 0.15) is 65.7 Å². The van der Waals surface area contributed by atoms with E-state index in [0.29, 0.717) is 17.6 Å². The highest BCUT2D eigenvalue weighted by Crippen LogP contribution is 2.44. The van der Waals surface area contributed by atoms with E-state index < -0.39 is 0 Å². The molecule has 104 valence electrons. The molecule has 1 heterocycles. The SMILES string of the molecule is CC(=O)C(C(C)C)C1CCOC2(CCCCC2)C1. The lowest BCUT2D eigenvalue weighted by molar-refractivity contribution is -0.140. The van der Waals surface area contributed by atoms with Crippen molar-refractivity contribution < 1.29 is 9.53 Å². The van der Waals surface area contributed by atoms with Crippen LogP contribution in [0.25, 0.3) is 0 Å². The summed E-state index contributed by atoms with van der Waals surface area (Å²) in [5.41, 5.74) is 0.129. The van der Waals surface area contributed by atoms with Crippen molar-refractivity contribution in [2.24, 2.45) is 17.8 Å². The molecule has 1 spiro atoms. The Balaban J connectivity index is 2.07. The molecule has 0 amide bonds. The zero-order chi connectivity index (χ0) is 13.2. The molecule has 0 N–H and O–H groups in total. The van der Waals surface area contributed by atoms with Gasteiger partial charge in [-0.25, -0.2) is 0 Å². The number of ether oxygens (including phenoxy) is 1. The van der Waals surface area contributed by atoms with Gasteiger partial charge in [-0.2, -0.15) is 0 Å². The maximum Gasteiger partial charge on any atom is 0.133 e. The molecular weight excluding hydrogens is 224 g/mol. The number of carbonyl (C=O) groups is 1. The minimum atomic E-state index is 0.129. The van der Waals surface area contributed by atoms with Crippen LogP contribution in [0.2, 0.25) is 0 Å². The Morgan fingerprint density at radius 1 is 1.22 bits per heavy atom. The molecule has 0 aromatic heterocycles. The topological polar surface area (TPSA) is 26.3 Å². The van der Waals surface area contributed by atoms with Gasteiger partial charge in [-0.1, -0.05) is 33.1 Å². The first kappa shape index (κ1) is 14.0. The van der Waals surface area contributed by atoms with E-state index in [1.165, 1.54) is 32.1 Å². The molecule has 18 heavy (non-hydrogen) atoms. The molecule has 1 aliphatic carbocycles. The van der Waals surface area contributed by atoms with E-state index in [2.05, 4.69) is 13.8 Å². The fraction of sp³-hybridized carbons (Fsp3) is 0.938. The summed E-state index contributed by atoms with van der Waals surface area (Å²) in [6.45, 7) is 7.01. The normalized spacial score (nSPS) is 29.4. The van der Waals surface area contributed by atoms with Gasteiger partial charge in [0.05, 0.1) is 5.60 Å². The van der Waals surface area contributed by atoms with Crippen molar-refractivity contribution in [1.29, 1.82) is 0 Å². The van der Waals surface area contributed by atoms with Crippen LogP contribution >= 0.6 is 0 Å². The molecule has 0 aromatic rings. The molecule has 2 fully saturated rings. The fourth-order valence-electron chi connectivity index (χ4n) is 4.26. The van der Waals surface area contributed by atoms with Crippen LogP contribution in [0.15, 0.2) is 0 Å². The third kappa shape index (κ3) is 2.96. The lowest BCUT2D eigenvalue weighted by Crippen LogP contribution is -2.45. The van der Waals surface area contributed by atoms with Gasteiger partial charge in [-0.3, -0.25) is 4.79 Å². The van der Waals surface area contributed by atoms with Gasteiger partial charge in [0.2, 0.25) is 0 Å². The molecule has 1 saturated carbocycles. The Bertz CT molecular complexity index is 284. The van der Waals surface area contributed by atoms with Crippen LogP contribution in [0, 0.1) is 17.8 Å². The summed E-state index contributed by atoms with van der Waals surface area (Å²) in [7, 11) is 0. The highest BCUT2D eigenvalue weighted by molar-refractivity contribution is 5.78. The van der Waals surface area contributed by atoms with Crippen molar-refractivity contribution in [1.82, 2.24) is 0 Å². The highest BCUT2D eigenvalue weighted by Gasteiger charge is 2.42. The first-order valence-electron chi connectivity index (χ1n) is 7.68. The fourth-order valence-corrected chi connectivity index (χ4v) is 4.26. The molecule has 2 atom stereocenters. The molecule has 0 bridgehead atoms. The predicted octanol–water partition coefficient (Wildman–Crippen LogP) is 3.98. The number of hydrogen-bond acceptors (Lipinski definition) is 2. The van der Waals surface area contributed by atoms with E-state index in [-0.39, 0.29) is 11.5 Å². The zero-order valence-corrected chi connectivity index (χ0v) is 12.2. The summed E-state index contributed by atoms with van der Waals surface area (Å²) in [5, 5.41) is 0. The van der Waals surface area contributed by atoms with Gasteiger partial charge >= 0.3 is 0 Å². The maximum absolute atomic E-state index is 11.9. The van der Waals surface area contributed by atoms with Crippen molar-refractivity contribution in [3.63, 3.8) is 0 Å². The smallest absolute Gasteiger partial charge is 0.133 e. The van der Waals surface area contributed by atoms with E-state index in [1.807, 2.05) is 0 Å². The van der Waals surface area contributed by atoms with Gasteiger partial charge in [0, 0.05) is 12.5 Å². The summed E-state index contributed by atoms with van der Waals surface area (Å²) in [6.07, 6.45) is 8.59. The first-order valence-corrected chi connectivity index (χ1v) is 7.68. The Hall–Kier alpha value is -0.370. The van der Waals surface area contributed by atoms with Gasteiger partial charge in [0.15, 0.2) is 0 Å². The molecule has 2 rings (SSSR count). The number of carbonyl (C=O) groups excluding carboxylic acids is 1. The first-order chi connectivity index (χ1) is 8.54. The van der Waals surface area contributed by atoms with Crippen molar-refractivity contribution >= 4 is 5.78 Å². The van der Waals surface area contributed by atoms with E-state index >= 15 is 0 Å². The molecule has 0 radical (unpaired) electrons. The molecule has 2 unspecified atom stereocenters. The van der Waals surface area contributed by atoms with E-state index in [4.69, 9.17) is 4.74 Å². The standard InChI is InChI=1S/C16H28O2/c1-12(2)15(13(3)17)14-7-10-18-16(11-14)8-5-4-6-9-16/h12,14-15H,4-11H2,1-3H3. The zero-order valence-electron chi connectivity index (χ0n) is 12.2. The monoisotopic (exact) mass is 252 g/mol. The summed E-state index contributed by atoms with van der Waals surface area (Å²) in [6, 6.07) is 0. The van der Waals surface area contributed by atoms with Gasteiger partial charge in [0.1, 0.15) is 5.78 Å². The molecule has 1 aliphatic heterocycles. The molecule has 0 aromatic carbocycles. The summed E-state index contributed by atoms with van der Waals surface area (Å²) >= 11 is 0. The maximum atomic E-state index is 11.9. The van der Waals surface area contributed by atoms with E-state index in [0.717, 1.165) is 19.4 Å². The van der Waals surface area contributed by atoms with Gasteiger partial charge in [-0.05, 0) is 44.4 Å². The molecule has 2 heteroatoms. The lowest BCUT2D eigenvalue weighted by Gasteiger charge is -2.45. The Morgan fingerprint density at radius 2 is 1.89 bits per heavy atom. The number of hydrogen-bond donors (Lipinski definition) is 0. The van der Waals surface area contributed by atoms with Crippen molar-refractivity contribution in [3.8, 4) is 0 Å². The van der Waals surface area contributed by atoms with E-state index in [1.54, 1.807) is 6.92 Å². The van der Waals surface area contributed by atoms with Crippen LogP contribution in [0.3, 0.4) is 0 Å². The molecule has 2 nitrogen and oxygen atoms in total. The molecular formula is C16H28O2. The largest absolute Gasteiger partial charge is 0.375 e. The minimum absolute atomic E-state index is 0.129. The van der Waals surface area contributed by atoms with Crippen LogP contribution in [-0.2, 0) is 9.53 Å². The summed E-state index contributed by atoms with van der Waals surface area (Å²) in [4.78, 5) is 11.9. The Morgan fingerprint density at radius 3 is 2.44 bits per heavy atom. The van der Waals surface area contributed by atoms with Gasteiger partial charge in [0.25, 0.3) is 0 Å². The van der Waals surface area contributed by atoms with Crippen molar-refractivity contribution in [2.75, 3.05) is 6.61 Å². The third-order valence-corrected chi connectivity index (χ3v) is 4.99. The number of rotatable bonds is 3. The quantitative estimate of drug-likeness (QED) is 0.759. The minimum Gasteiger partial charge on any atom is -0.375 e. The highest BCUT2D eigenvalue weighted by atomic mass is 16.5. The van der Waals surface area contributed by atoms with Crippen LogP contribution in [0.5, 0.6) is 0 Å². The lowest BCUT2D eigenvalue weighted by atomic mass is 9.69. The Labute approximate surface area is 111 Å². The van der Waals surface area contributed by atoms with Crippen molar-refractivity contribution in [3.05, 3.63) is 0 Å². The van der Waals surface area contributed by atoms with Crippen LogP contribution in [-0.4, -0.2) is 18.0 Å². The van der Waals surface area contributed by atoms with Gasteiger partial charge in [-0.15, -0.1) is 0 Å². The molecule has 2 aliphatic rings. The Kier molecular flexibility index (Phi) is 4.47. The number of ketones is 1. The average Bonchev–Trinajstić information content (AvgIpc) is 2.29. The van der Waals surface area contributed by atoms with Crippen molar-refractivity contribution in [2.45, 2.75) is 71.3 Å². The second-order valence-electron chi connectivity index (χ2n) is 6.73. The molecule has 1 saturated heterocycles. The van der Waals surface area contributed by atoms with Crippen LogP contribution < -0.4 is 0 Å². The number of Topliss-reactive ketones (excluding diaryl/α,β-unsaturated/α-hetero) is 1. The second kappa shape index (κ2) is 5.73. The average molecular weight is 252 g/mol. The second-order valence-corrected chi connectivity index (χ2v) is 6.73. The van der Waals surface area contributed by atoms with E-state index in [9.17, 15) is 4.79 Å².